The average molecular weight is 414 g/mol. The molecule has 1 aliphatic heterocycles. The van der Waals surface area contributed by atoms with Gasteiger partial charge in [0, 0.05) is 32.6 Å². The molecule has 0 atom stereocenters. The largest absolute Gasteiger partial charge is 0.339 e. The number of hydrogen-bond acceptors (Lipinski definition) is 2. The minimum absolute atomic E-state index is 0.0167. The van der Waals surface area contributed by atoms with Crippen LogP contribution in [0.15, 0.2) is 65.5 Å². The van der Waals surface area contributed by atoms with Crippen molar-refractivity contribution in [2.75, 3.05) is 13.1 Å². The fourth-order valence-corrected chi connectivity index (χ4v) is 5.00. The van der Waals surface area contributed by atoms with Crippen molar-refractivity contribution in [1.82, 2.24) is 14.0 Å². The van der Waals surface area contributed by atoms with Gasteiger partial charge in [-0.1, -0.05) is 48.5 Å². The summed E-state index contributed by atoms with van der Waals surface area (Å²) >= 11 is 0. The van der Waals surface area contributed by atoms with Crippen LogP contribution in [0.1, 0.15) is 28.9 Å². The Kier molecular flexibility index (Phi) is 4.89. The highest BCUT2D eigenvalue weighted by atomic mass is 16.2. The molecule has 5 heteroatoms. The molecule has 0 unspecified atom stereocenters. The van der Waals surface area contributed by atoms with Crippen LogP contribution in [0.3, 0.4) is 0 Å². The summed E-state index contributed by atoms with van der Waals surface area (Å²) in [5.41, 5.74) is 3.60. The molecule has 1 fully saturated rings. The van der Waals surface area contributed by atoms with Crippen LogP contribution in [0.2, 0.25) is 0 Å². The molecule has 0 bridgehead atoms. The van der Waals surface area contributed by atoms with E-state index in [1.807, 2.05) is 46.8 Å². The summed E-state index contributed by atoms with van der Waals surface area (Å²) < 4.78 is 3.57. The van der Waals surface area contributed by atoms with Crippen LogP contribution in [-0.4, -0.2) is 33.0 Å². The lowest BCUT2D eigenvalue weighted by Crippen LogP contribution is -2.39. The number of amides is 1. The maximum Gasteiger partial charge on any atom is 0.270 e. The van der Waals surface area contributed by atoms with Crippen molar-refractivity contribution in [3.05, 3.63) is 82.3 Å². The lowest BCUT2D eigenvalue weighted by molar-refractivity contribution is 0.0681. The number of pyridine rings is 1. The summed E-state index contributed by atoms with van der Waals surface area (Å²) in [5, 5.41) is 1.59. The van der Waals surface area contributed by atoms with Crippen LogP contribution in [0.5, 0.6) is 0 Å². The van der Waals surface area contributed by atoms with Gasteiger partial charge in [0.1, 0.15) is 5.69 Å². The molecule has 158 valence electrons. The summed E-state index contributed by atoms with van der Waals surface area (Å²) in [6.45, 7) is 1.52. The van der Waals surface area contributed by atoms with Gasteiger partial charge in [-0.15, -0.1) is 0 Å². The van der Waals surface area contributed by atoms with Gasteiger partial charge in [0.05, 0.1) is 16.4 Å². The van der Waals surface area contributed by atoms with Gasteiger partial charge in [0.2, 0.25) is 0 Å². The maximum absolute atomic E-state index is 13.4. The van der Waals surface area contributed by atoms with Crippen molar-refractivity contribution < 1.29 is 4.79 Å². The van der Waals surface area contributed by atoms with Crippen LogP contribution in [-0.2, 0) is 20.5 Å². The smallest absolute Gasteiger partial charge is 0.270 e. The van der Waals surface area contributed by atoms with Crippen molar-refractivity contribution in [3.8, 4) is 0 Å². The summed E-state index contributed by atoms with van der Waals surface area (Å²) in [4.78, 5) is 28.3. The maximum atomic E-state index is 13.4. The number of fused-ring (bicyclic) bond motifs is 3. The van der Waals surface area contributed by atoms with Gasteiger partial charge >= 0.3 is 0 Å². The molecule has 31 heavy (non-hydrogen) atoms. The van der Waals surface area contributed by atoms with Crippen LogP contribution < -0.4 is 5.56 Å². The van der Waals surface area contributed by atoms with Gasteiger partial charge in [0.25, 0.3) is 11.5 Å². The van der Waals surface area contributed by atoms with E-state index in [1.165, 1.54) is 5.56 Å². The number of aromatic nitrogens is 2. The molecule has 2 aromatic carbocycles. The molecule has 0 aliphatic carbocycles. The van der Waals surface area contributed by atoms with Crippen molar-refractivity contribution in [1.29, 1.82) is 0 Å². The molecule has 0 N–H and O–H groups in total. The predicted octanol–water partition coefficient (Wildman–Crippen LogP) is 4.13. The minimum Gasteiger partial charge on any atom is -0.339 e. The number of rotatable bonds is 3. The van der Waals surface area contributed by atoms with E-state index in [4.69, 9.17) is 0 Å². The zero-order valence-corrected chi connectivity index (χ0v) is 18.0. The number of para-hydroxylation sites is 1. The van der Waals surface area contributed by atoms with Gasteiger partial charge in [-0.25, -0.2) is 0 Å². The van der Waals surface area contributed by atoms with Crippen LogP contribution in [0.25, 0.3) is 21.8 Å². The van der Waals surface area contributed by atoms with Crippen molar-refractivity contribution in [3.63, 3.8) is 0 Å². The number of nitrogens with zero attached hydrogens (tertiary/aromatic N) is 3. The van der Waals surface area contributed by atoms with Gasteiger partial charge < -0.3 is 14.0 Å². The summed E-state index contributed by atoms with van der Waals surface area (Å²) in [6, 6.07) is 20.2. The highest BCUT2D eigenvalue weighted by Crippen LogP contribution is 2.27. The monoisotopic (exact) mass is 413 g/mol. The zero-order valence-electron chi connectivity index (χ0n) is 18.0. The second-order valence-corrected chi connectivity index (χ2v) is 8.66. The first-order chi connectivity index (χ1) is 15.0. The summed E-state index contributed by atoms with van der Waals surface area (Å²) in [6.07, 6.45) is 3.09. The Balaban J connectivity index is 1.42. The number of benzene rings is 2. The first kappa shape index (κ1) is 19.6. The van der Waals surface area contributed by atoms with Gasteiger partial charge in [-0.05, 0) is 42.9 Å². The van der Waals surface area contributed by atoms with E-state index in [9.17, 15) is 9.59 Å². The fourth-order valence-electron chi connectivity index (χ4n) is 5.00. The lowest BCUT2D eigenvalue weighted by Gasteiger charge is -2.32. The first-order valence-electron chi connectivity index (χ1n) is 10.9. The van der Waals surface area contributed by atoms with E-state index in [0.717, 1.165) is 48.8 Å². The fraction of sp³-hybridized carbons (Fsp3) is 0.308. The second kappa shape index (κ2) is 7.73. The molecular weight excluding hydrogens is 386 g/mol. The summed E-state index contributed by atoms with van der Waals surface area (Å²) in [7, 11) is 3.68. The number of aryl methyl sites for hydroxylation is 2. The number of likely N-dealkylation sites (tertiary alicyclic amines) is 1. The number of hydrogen-bond donors (Lipinski definition) is 0. The average Bonchev–Trinajstić information content (AvgIpc) is 3.15. The molecule has 5 nitrogen and oxygen atoms in total. The predicted molar refractivity (Wildman–Crippen MR) is 124 cm³/mol. The quantitative estimate of drug-likeness (QED) is 0.507. The molecule has 4 aromatic rings. The normalized spacial score (nSPS) is 15.1. The van der Waals surface area contributed by atoms with E-state index in [-0.39, 0.29) is 11.5 Å². The molecule has 1 amide bonds. The molecule has 3 heterocycles. The van der Waals surface area contributed by atoms with Gasteiger partial charge in [-0.2, -0.15) is 0 Å². The topological polar surface area (TPSA) is 47.2 Å². The second-order valence-electron chi connectivity index (χ2n) is 8.66. The Labute approximate surface area is 181 Å². The van der Waals surface area contributed by atoms with Crippen LogP contribution in [0, 0.1) is 5.92 Å². The molecule has 1 saturated heterocycles. The molecule has 0 saturated carbocycles. The number of carbonyl (C=O) groups is 1. The van der Waals surface area contributed by atoms with E-state index in [2.05, 4.69) is 24.3 Å². The van der Waals surface area contributed by atoms with Crippen molar-refractivity contribution in [2.45, 2.75) is 19.3 Å². The molecule has 0 radical (unpaired) electrons. The minimum atomic E-state index is -0.0649. The summed E-state index contributed by atoms with van der Waals surface area (Å²) in [5.74, 6) is 0.623. The Morgan fingerprint density at radius 2 is 1.58 bits per heavy atom. The van der Waals surface area contributed by atoms with Crippen LogP contribution >= 0.6 is 0 Å². The third-order valence-electron chi connectivity index (χ3n) is 6.78. The SMILES string of the molecule is Cn1c(C(=O)N2CCC(Cc3ccccc3)CC2)cc2c(=O)n(C)c3ccccc3c21. The first-order valence-corrected chi connectivity index (χ1v) is 10.9. The standard InChI is InChI=1S/C26H27N3O2/c1-27-23(17-21-24(27)20-10-6-7-11-22(20)28(2)25(21)30)26(31)29-14-12-19(13-15-29)16-18-8-4-3-5-9-18/h3-11,17,19H,12-16H2,1-2H3. The highest BCUT2D eigenvalue weighted by Gasteiger charge is 2.27. The molecule has 0 spiro atoms. The van der Waals surface area contributed by atoms with Gasteiger partial charge in [0.15, 0.2) is 0 Å². The molecule has 1 aliphatic rings. The Hall–Kier alpha value is -3.34. The Morgan fingerprint density at radius 1 is 0.903 bits per heavy atom. The third kappa shape index (κ3) is 3.34. The lowest BCUT2D eigenvalue weighted by atomic mass is 9.90. The molecule has 2 aromatic heterocycles. The van der Waals surface area contributed by atoms with E-state index < -0.39 is 0 Å². The zero-order chi connectivity index (χ0) is 21.5. The number of carbonyl (C=O) groups excluding carboxylic acids is 1. The van der Waals surface area contributed by atoms with Gasteiger partial charge in [-0.3, -0.25) is 9.59 Å². The van der Waals surface area contributed by atoms with Crippen molar-refractivity contribution >= 4 is 27.7 Å². The third-order valence-corrected chi connectivity index (χ3v) is 6.78. The Bertz CT molecular complexity index is 1330. The van der Waals surface area contributed by atoms with E-state index in [1.54, 1.807) is 17.7 Å². The molecular formula is C26H27N3O2. The van der Waals surface area contributed by atoms with Crippen LogP contribution in [0.4, 0.5) is 0 Å². The highest BCUT2D eigenvalue weighted by molar-refractivity contribution is 6.08. The molecule has 5 rings (SSSR count). The van der Waals surface area contributed by atoms with Crippen molar-refractivity contribution in [2.24, 2.45) is 20.0 Å². The van der Waals surface area contributed by atoms with E-state index >= 15 is 0 Å². The van der Waals surface area contributed by atoms with E-state index in [0.29, 0.717) is 17.0 Å². The Morgan fingerprint density at radius 3 is 2.32 bits per heavy atom. The number of piperidine rings is 1.